The predicted octanol–water partition coefficient (Wildman–Crippen LogP) is 3.55. The van der Waals surface area contributed by atoms with Gasteiger partial charge in [-0.15, -0.1) is 0 Å². The summed E-state index contributed by atoms with van der Waals surface area (Å²) in [4.78, 5) is 39.6. The highest BCUT2D eigenvalue weighted by molar-refractivity contribution is 6.35. The molecule has 8 nitrogen and oxygen atoms in total. The smallest absolute Gasteiger partial charge is 0.261 e. The Labute approximate surface area is 223 Å². The molecule has 1 unspecified atom stereocenters. The van der Waals surface area contributed by atoms with Gasteiger partial charge < -0.3 is 24.3 Å². The van der Waals surface area contributed by atoms with Crippen molar-refractivity contribution in [1.29, 1.82) is 0 Å². The first kappa shape index (κ1) is 25.5. The van der Waals surface area contributed by atoms with E-state index < -0.39 is 0 Å². The Morgan fingerprint density at radius 3 is 2.59 bits per heavy atom. The number of carbonyl (C=O) groups excluding carboxylic acids is 2. The maximum atomic E-state index is 14.2. The van der Waals surface area contributed by atoms with Gasteiger partial charge >= 0.3 is 0 Å². The Morgan fingerprint density at radius 2 is 1.95 bits per heavy atom. The molecular weight excluding hydrogens is 490 g/mol. The molecule has 2 fully saturated rings. The first-order valence-corrected chi connectivity index (χ1v) is 13.1. The van der Waals surface area contributed by atoms with Gasteiger partial charge in [-0.1, -0.05) is 48.5 Å². The number of anilines is 1. The Morgan fingerprint density at radius 1 is 1.22 bits per heavy atom. The summed E-state index contributed by atoms with van der Waals surface area (Å²) in [6.45, 7) is 10.2. The SMILES string of the molecule is C=CC(=O)N1CCN2C(=O)c3c(N4CC(N(C)C)CC4(C)C)nc(-c4ccccc4)c(Cl)c3OC[C@H]2C1. The first-order valence-electron chi connectivity index (χ1n) is 12.7. The molecule has 3 aliphatic rings. The van der Waals surface area contributed by atoms with E-state index in [4.69, 9.17) is 21.3 Å². The number of fused-ring (bicyclic) bond motifs is 2. The van der Waals surface area contributed by atoms with Gasteiger partial charge in [-0.25, -0.2) is 4.98 Å². The summed E-state index contributed by atoms with van der Waals surface area (Å²) < 4.78 is 6.35. The number of nitrogens with zero attached hydrogens (tertiary/aromatic N) is 5. The summed E-state index contributed by atoms with van der Waals surface area (Å²) in [5, 5.41) is 0.332. The Balaban J connectivity index is 1.65. The minimum atomic E-state index is -0.289. The van der Waals surface area contributed by atoms with E-state index in [0.717, 1.165) is 18.5 Å². The third-order valence-corrected chi connectivity index (χ3v) is 8.18. The molecule has 9 heteroatoms. The molecular formula is C28H34ClN5O3. The van der Waals surface area contributed by atoms with Crippen LogP contribution >= 0.6 is 11.6 Å². The molecule has 0 aliphatic carbocycles. The largest absolute Gasteiger partial charge is 0.489 e. The van der Waals surface area contributed by atoms with E-state index in [1.807, 2.05) is 35.2 Å². The van der Waals surface area contributed by atoms with Crippen molar-refractivity contribution in [3.8, 4) is 17.0 Å². The van der Waals surface area contributed by atoms with Crippen molar-refractivity contribution in [2.45, 2.75) is 37.9 Å². The van der Waals surface area contributed by atoms with E-state index in [1.165, 1.54) is 6.08 Å². The lowest BCUT2D eigenvalue weighted by Crippen LogP contribution is -2.57. The fourth-order valence-electron chi connectivity index (χ4n) is 5.69. The number of rotatable bonds is 4. The third kappa shape index (κ3) is 4.46. The summed E-state index contributed by atoms with van der Waals surface area (Å²) in [7, 11) is 4.16. The standard InChI is InChI=1S/C28H34ClN5O3/c1-6-21(35)32-12-13-33-20(15-32)17-37-25-22(27(33)36)26(34-16-19(31(4)5)14-28(34,2)3)30-24(23(25)29)18-10-8-7-9-11-18/h6-11,19-20H,1,12-17H2,2-5H3/t19?,20-/m1/s1. The summed E-state index contributed by atoms with van der Waals surface area (Å²) in [6.07, 6.45) is 2.24. The molecule has 4 heterocycles. The Kier molecular flexibility index (Phi) is 6.66. The number of aromatic nitrogens is 1. The van der Waals surface area contributed by atoms with Crippen molar-refractivity contribution in [2.24, 2.45) is 0 Å². The average molecular weight is 524 g/mol. The molecule has 1 aromatic heterocycles. The van der Waals surface area contributed by atoms with Crippen molar-refractivity contribution in [3.05, 3.63) is 53.6 Å². The maximum absolute atomic E-state index is 14.2. The second-order valence-electron chi connectivity index (χ2n) is 10.9. The van der Waals surface area contributed by atoms with Crippen LogP contribution < -0.4 is 9.64 Å². The topological polar surface area (TPSA) is 69.2 Å². The van der Waals surface area contributed by atoms with Gasteiger partial charge in [0.1, 0.15) is 23.0 Å². The zero-order chi connectivity index (χ0) is 26.5. The van der Waals surface area contributed by atoms with Gasteiger partial charge in [-0.05, 0) is 40.4 Å². The number of halogens is 1. The molecule has 2 aromatic rings. The number of benzene rings is 1. The zero-order valence-electron chi connectivity index (χ0n) is 21.9. The summed E-state index contributed by atoms with van der Waals surface area (Å²) in [5.41, 5.74) is 1.62. The highest BCUT2D eigenvalue weighted by Crippen LogP contribution is 2.46. The minimum Gasteiger partial charge on any atom is -0.489 e. The minimum absolute atomic E-state index is 0.144. The highest BCUT2D eigenvalue weighted by atomic mass is 35.5. The lowest BCUT2D eigenvalue weighted by atomic mass is 9.99. The molecule has 196 valence electrons. The van der Waals surface area contributed by atoms with Crippen LogP contribution in [0.5, 0.6) is 5.75 Å². The normalized spacial score (nSPS) is 22.9. The zero-order valence-corrected chi connectivity index (χ0v) is 22.7. The van der Waals surface area contributed by atoms with Crippen molar-refractivity contribution in [1.82, 2.24) is 19.7 Å². The van der Waals surface area contributed by atoms with Gasteiger partial charge in [-0.2, -0.15) is 0 Å². The van der Waals surface area contributed by atoms with Gasteiger partial charge in [0.25, 0.3) is 5.91 Å². The second kappa shape index (κ2) is 9.65. The number of hydrogen-bond donors (Lipinski definition) is 0. The van der Waals surface area contributed by atoms with E-state index in [2.05, 4.69) is 44.3 Å². The third-order valence-electron chi connectivity index (χ3n) is 7.83. The number of ether oxygens (including phenoxy) is 1. The lowest BCUT2D eigenvalue weighted by molar-refractivity contribution is -0.128. The summed E-state index contributed by atoms with van der Waals surface area (Å²) in [5.74, 6) is 0.670. The first-order chi connectivity index (χ1) is 17.6. The fraction of sp³-hybridized carbons (Fsp3) is 0.464. The highest BCUT2D eigenvalue weighted by Gasteiger charge is 2.45. The van der Waals surface area contributed by atoms with E-state index in [9.17, 15) is 9.59 Å². The molecule has 0 spiro atoms. The van der Waals surface area contributed by atoms with Crippen molar-refractivity contribution >= 4 is 29.2 Å². The Bertz CT molecular complexity index is 1230. The van der Waals surface area contributed by atoms with Crippen LogP contribution in [0.1, 0.15) is 30.6 Å². The second-order valence-corrected chi connectivity index (χ2v) is 11.2. The molecule has 0 radical (unpaired) electrons. The molecule has 0 N–H and O–H groups in total. The van der Waals surface area contributed by atoms with Crippen LogP contribution in [0.15, 0.2) is 43.0 Å². The van der Waals surface area contributed by atoms with Gasteiger partial charge in [0.15, 0.2) is 5.75 Å². The van der Waals surface area contributed by atoms with Crippen LogP contribution in [-0.2, 0) is 4.79 Å². The van der Waals surface area contributed by atoms with Crippen LogP contribution in [0, 0.1) is 0 Å². The summed E-state index contributed by atoms with van der Waals surface area (Å²) >= 11 is 6.96. The molecule has 37 heavy (non-hydrogen) atoms. The molecule has 5 rings (SSSR count). The van der Waals surface area contributed by atoms with Gasteiger partial charge in [0.05, 0.1) is 11.7 Å². The number of pyridine rings is 1. The van der Waals surface area contributed by atoms with Crippen LogP contribution in [0.4, 0.5) is 5.82 Å². The number of amides is 2. The molecule has 0 bridgehead atoms. The molecule has 0 saturated carbocycles. The van der Waals surface area contributed by atoms with E-state index in [0.29, 0.717) is 53.5 Å². The number of hydrogen-bond acceptors (Lipinski definition) is 6. The van der Waals surface area contributed by atoms with E-state index in [-0.39, 0.29) is 30.0 Å². The van der Waals surface area contributed by atoms with Crippen molar-refractivity contribution < 1.29 is 14.3 Å². The number of carbonyl (C=O) groups is 2. The average Bonchev–Trinajstić information content (AvgIpc) is 3.13. The molecule has 2 atom stereocenters. The van der Waals surface area contributed by atoms with Gasteiger partial charge in [0, 0.05) is 43.3 Å². The number of likely N-dealkylation sites (N-methyl/N-ethyl adjacent to an activating group) is 1. The quantitative estimate of drug-likeness (QED) is 0.571. The fourth-order valence-corrected chi connectivity index (χ4v) is 5.99. The molecule has 2 saturated heterocycles. The maximum Gasteiger partial charge on any atom is 0.261 e. The van der Waals surface area contributed by atoms with Crippen LogP contribution in [-0.4, -0.2) is 96.0 Å². The Hall–Kier alpha value is -3.10. The van der Waals surface area contributed by atoms with Gasteiger partial charge in [-0.3, -0.25) is 9.59 Å². The molecule has 3 aliphatic heterocycles. The van der Waals surface area contributed by atoms with Crippen molar-refractivity contribution in [3.63, 3.8) is 0 Å². The molecule has 1 aromatic carbocycles. The van der Waals surface area contributed by atoms with E-state index >= 15 is 0 Å². The van der Waals surface area contributed by atoms with Crippen LogP contribution in [0.2, 0.25) is 5.02 Å². The van der Waals surface area contributed by atoms with Crippen LogP contribution in [0.25, 0.3) is 11.3 Å². The van der Waals surface area contributed by atoms with Crippen LogP contribution in [0.3, 0.4) is 0 Å². The lowest BCUT2D eigenvalue weighted by Gasteiger charge is -2.40. The molecule has 2 amide bonds. The predicted molar refractivity (Wildman–Crippen MR) is 145 cm³/mol. The van der Waals surface area contributed by atoms with E-state index in [1.54, 1.807) is 4.90 Å². The number of piperazine rings is 1. The van der Waals surface area contributed by atoms with Crippen molar-refractivity contribution in [2.75, 3.05) is 51.8 Å². The monoisotopic (exact) mass is 523 g/mol. The summed E-state index contributed by atoms with van der Waals surface area (Å²) in [6, 6.07) is 9.78. The van der Waals surface area contributed by atoms with Gasteiger partial charge in [0.2, 0.25) is 5.91 Å².